The van der Waals surface area contributed by atoms with E-state index in [0.29, 0.717) is 0 Å². The molecule has 3 nitrogen and oxygen atoms in total. The summed E-state index contributed by atoms with van der Waals surface area (Å²) in [6, 6.07) is 1.88. The van der Waals surface area contributed by atoms with Crippen LogP contribution >= 0.6 is 23.2 Å². The number of hydrogen-bond acceptors (Lipinski definition) is 3. The Balaban J connectivity index is 3.56. The van der Waals surface area contributed by atoms with Gasteiger partial charge < -0.3 is 5.11 Å². The van der Waals surface area contributed by atoms with Gasteiger partial charge in [0.2, 0.25) is 0 Å². The highest BCUT2D eigenvalue weighted by molar-refractivity contribution is 7.86. The number of aromatic hydroxyl groups is 1. The van der Waals surface area contributed by atoms with Crippen molar-refractivity contribution in [2.24, 2.45) is 0 Å². The summed E-state index contributed by atoms with van der Waals surface area (Å²) in [5.41, 5.74) is 0. The van der Waals surface area contributed by atoms with Gasteiger partial charge in [-0.25, -0.2) is 0 Å². The van der Waals surface area contributed by atoms with E-state index >= 15 is 0 Å². The molecular formula is C6H3Cl2FO3S. The van der Waals surface area contributed by atoms with Crippen LogP contribution in [0.15, 0.2) is 17.0 Å². The predicted molar refractivity (Wildman–Crippen MR) is 46.4 cm³/mol. The Hall–Kier alpha value is -0.520. The molecule has 0 aliphatic heterocycles. The van der Waals surface area contributed by atoms with E-state index in [9.17, 15) is 12.3 Å². The summed E-state index contributed by atoms with van der Waals surface area (Å²) in [6.45, 7) is 0. The summed E-state index contributed by atoms with van der Waals surface area (Å²) in [5, 5.41) is 8.66. The lowest BCUT2D eigenvalue weighted by molar-refractivity contribution is 0.455. The molecule has 0 heterocycles. The van der Waals surface area contributed by atoms with Crippen molar-refractivity contribution in [3.05, 3.63) is 22.2 Å². The maximum atomic E-state index is 12.4. The number of phenols is 1. The van der Waals surface area contributed by atoms with Crippen LogP contribution in [0.1, 0.15) is 0 Å². The Bertz CT molecular complexity index is 443. The summed E-state index contributed by atoms with van der Waals surface area (Å²) in [4.78, 5) is -0.926. The number of phenolic OH excluding ortho intramolecular Hbond substituents is 1. The fourth-order valence-electron chi connectivity index (χ4n) is 0.728. The third-order valence-corrected chi connectivity index (χ3v) is 2.60. The van der Waals surface area contributed by atoms with Crippen LogP contribution in [0.5, 0.6) is 5.75 Å². The van der Waals surface area contributed by atoms with Gasteiger partial charge >= 0.3 is 10.2 Å². The zero-order valence-corrected chi connectivity index (χ0v) is 8.29. The van der Waals surface area contributed by atoms with Crippen LogP contribution in [0.25, 0.3) is 0 Å². The summed E-state index contributed by atoms with van der Waals surface area (Å²) in [5.74, 6) is -0.839. The van der Waals surface area contributed by atoms with Crippen molar-refractivity contribution < 1.29 is 17.4 Å². The SMILES string of the molecule is O=S(=O)(F)c1cc(Cl)cc(Cl)c1O. The Morgan fingerprint density at radius 2 is 1.85 bits per heavy atom. The largest absolute Gasteiger partial charge is 0.505 e. The van der Waals surface area contributed by atoms with Crippen molar-refractivity contribution >= 4 is 33.4 Å². The molecule has 0 aliphatic rings. The molecule has 0 saturated heterocycles. The van der Waals surface area contributed by atoms with Gasteiger partial charge in [0.15, 0.2) is 5.75 Å². The van der Waals surface area contributed by atoms with Gasteiger partial charge in [-0.15, -0.1) is 3.89 Å². The first-order chi connectivity index (χ1) is 5.82. The maximum Gasteiger partial charge on any atom is 0.335 e. The summed E-state index contributed by atoms with van der Waals surface area (Å²) in [7, 11) is -5.00. The van der Waals surface area contributed by atoms with Crippen LogP contribution in [0.4, 0.5) is 3.89 Å². The average molecular weight is 245 g/mol. The van der Waals surface area contributed by atoms with Gasteiger partial charge in [-0.1, -0.05) is 23.2 Å². The van der Waals surface area contributed by atoms with Crippen LogP contribution < -0.4 is 0 Å². The summed E-state index contributed by atoms with van der Waals surface area (Å²) < 4.78 is 33.3. The molecular weight excluding hydrogens is 242 g/mol. The molecule has 0 bridgehead atoms. The second kappa shape index (κ2) is 3.32. The van der Waals surface area contributed by atoms with Crippen molar-refractivity contribution in [1.82, 2.24) is 0 Å². The Kier molecular flexibility index (Phi) is 2.70. The fraction of sp³-hybridized carbons (Fsp3) is 0. The fourth-order valence-corrected chi connectivity index (χ4v) is 1.95. The van der Waals surface area contributed by atoms with Crippen molar-refractivity contribution in [3.63, 3.8) is 0 Å². The van der Waals surface area contributed by atoms with Gasteiger partial charge in [-0.05, 0) is 12.1 Å². The van der Waals surface area contributed by atoms with E-state index in [1.165, 1.54) is 0 Å². The van der Waals surface area contributed by atoms with Gasteiger partial charge in [-0.2, -0.15) is 8.42 Å². The van der Waals surface area contributed by atoms with Gasteiger partial charge in [0.1, 0.15) is 4.90 Å². The molecule has 0 aliphatic carbocycles. The van der Waals surface area contributed by atoms with Crippen LogP contribution in [0.3, 0.4) is 0 Å². The molecule has 13 heavy (non-hydrogen) atoms. The summed E-state index contributed by atoms with van der Waals surface area (Å²) in [6.07, 6.45) is 0. The Morgan fingerprint density at radius 3 is 2.31 bits per heavy atom. The quantitative estimate of drug-likeness (QED) is 0.772. The molecule has 0 aromatic heterocycles. The first-order valence-electron chi connectivity index (χ1n) is 2.95. The molecule has 0 fully saturated rings. The molecule has 1 aromatic rings. The van der Waals surface area contributed by atoms with Gasteiger partial charge in [0.05, 0.1) is 5.02 Å². The maximum absolute atomic E-state index is 12.4. The van der Waals surface area contributed by atoms with Gasteiger partial charge in [0, 0.05) is 5.02 Å². The minimum Gasteiger partial charge on any atom is -0.505 e. The molecule has 0 amide bonds. The molecule has 7 heteroatoms. The highest BCUT2D eigenvalue weighted by atomic mass is 35.5. The number of hydrogen-bond donors (Lipinski definition) is 1. The topological polar surface area (TPSA) is 54.4 Å². The molecule has 0 spiro atoms. The van der Waals surface area contributed by atoms with Gasteiger partial charge in [0.25, 0.3) is 0 Å². The predicted octanol–water partition coefficient (Wildman–Crippen LogP) is 2.36. The Labute approximate surface area is 83.9 Å². The molecule has 1 aromatic carbocycles. The molecule has 0 atom stereocenters. The zero-order valence-electron chi connectivity index (χ0n) is 5.96. The van der Waals surface area contributed by atoms with Crippen LogP contribution in [-0.4, -0.2) is 13.5 Å². The van der Waals surface area contributed by atoms with Crippen molar-refractivity contribution in [1.29, 1.82) is 0 Å². The smallest absolute Gasteiger partial charge is 0.335 e. The number of rotatable bonds is 1. The molecule has 1 rings (SSSR count). The highest BCUT2D eigenvalue weighted by Gasteiger charge is 2.20. The van der Waals surface area contributed by atoms with Crippen LogP contribution in [0.2, 0.25) is 10.0 Å². The van der Waals surface area contributed by atoms with Crippen molar-refractivity contribution in [2.45, 2.75) is 4.90 Å². The normalized spacial score (nSPS) is 11.6. The number of benzene rings is 1. The molecule has 72 valence electrons. The lowest BCUT2D eigenvalue weighted by Crippen LogP contribution is -1.92. The van der Waals surface area contributed by atoms with Crippen molar-refractivity contribution in [2.75, 3.05) is 0 Å². The standard InChI is InChI=1S/C6H3Cl2FO3S/c7-3-1-4(8)6(10)5(2-3)13(9,11)12/h1-2,10H. The van der Waals surface area contributed by atoms with Crippen molar-refractivity contribution in [3.8, 4) is 5.75 Å². The Morgan fingerprint density at radius 1 is 1.31 bits per heavy atom. The molecule has 1 N–H and O–H groups in total. The van der Waals surface area contributed by atoms with E-state index in [-0.39, 0.29) is 10.0 Å². The second-order valence-corrected chi connectivity index (χ2v) is 4.33. The minimum absolute atomic E-state index is 0.0703. The third-order valence-electron chi connectivity index (χ3n) is 1.26. The molecule has 0 saturated carbocycles. The molecule has 0 radical (unpaired) electrons. The zero-order chi connectivity index (χ0) is 10.2. The second-order valence-electron chi connectivity index (χ2n) is 2.17. The van der Waals surface area contributed by atoms with E-state index in [1.54, 1.807) is 0 Å². The first-order valence-corrected chi connectivity index (χ1v) is 5.09. The highest BCUT2D eigenvalue weighted by Crippen LogP contribution is 2.34. The third kappa shape index (κ3) is 2.24. The van der Waals surface area contributed by atoms with Gasteiger partial charge in [-0.3, -0.25) is 0 Å². The van der Waals surface area contributed by atoms with Crippen LogP contribution in [-0.2, 0) is 10.2 Å². The van der Waals surface area contributed by atoms with E-state index in [0.717, 1.165) is 12.1 Å². The van der Waals surface area contributed by atoms with E-state index in [1.807, 2.05) is 0 Å². The molecule has 0 unspecified atom stereocenters. The lowest BCUT2D eigenvalue weighted by Gasteiger charge is -2.01. The van der Waals surface area contributed by atoms with E-state index in [4.69, 9.17) is 28.3 Å². The van der Waals surface area contributed by atoms with E-state index < -0.39 is 20.9 Å². The van der Waals surface area contributed by atoms with E-state index in [2.05, 4.69) is 0 Å². The first kappa shape index (κ1) is 10.6. The van der Waals surface area contributed by atoms with Crippen LogP contribution in [0, 0.1) is 0 Å². The summed E-state index contributed by atoms with van der Waals surface area (Å²) >= 11 is 10.8. The lowest BCUT2D eigenvalue weighted by atomic mass is 10.3. The number of halogens is 3. The average Bonchev–Trinajstić information content (AvgIpc) is 1.94. The monoisotopic (exact) mass is 244 g/mol. The minimum atomic E-state index is -5.00.